The number of sulfone groups is 1. The largest absolute Gasteiger partial charge is 0.310 e. The van der Waals surface area contributed by atoms with Gasteiger partial charge < -0.3 is 5.32 Å². The molecule has 0 bridgehead atoms. The van der Waals surface area contributed by atoms with Gasteiger partial charge in [0.25, 0.3) is 0 Å². The van der Waals surface area contributed by atoms with Crippen molar-refractivity contribution in [2.75, 3.05) is 12.8 Å². The molecule has 0 fully saturated rings. The lowest BCUT2D eigenvalue weighted by atomic mass is 9.87. The molecular formula is C17H29NO2S. The minimum absolute atomic E-state index is 0.290. The first-order valence-corrected chi connectivity index (χ1v) is 9.56. The van der Waals surface area contributed by atoms with Crippen LogP contribution >= 0.6 is 0 Å². The molecule has 4 heteroatoms. The molecule has 1 N–H and O–H groups in total. The molecule has 3 nitrogen and oxygen atoms in total. The Bertz CT molecular complexity index is 527. The molecule has 0 saturated carbocycles. The van der Waals surface area contributed by atoms with Gasteiger partial charge in [0.05, 0.1) is 4.90 Å². The van der Waals surface area contributed by atoms with Crippen LogP contribution in [-0.4, -0.2) is 21.2 Å². The molecule has 1 aromatic rings. The smallest absolute Gasteiger partial charge is 0.175 e. The van der Waals surface area contributed by atoms with Crippen molar-refractivity contribution in [3.63, 3.8) is 0 Å². The average Bonchev–Trinajstić information content (AvgIpc) is 2.37. The third-order valence-corrected chi connectivity index (χ3v) is 4.66. The molecular weight excluding hydrogens is 282 g/mol. The molecule has 120 valence electrons. The van der Waals surface area contributed by atoms with Crippen molar-refractivity contribution in [2.45, 2.75) is 57.9 Å². The summed E-state index contributed by atoms with van der Waals surface area (Å²) < 4.78 is 23.1. The molecule has 1 unspecified atom stereocenters. The summed E-state index contributed by atoms with van der Waals surface area (Å²) in [7, 11) is -3.12. The van der Waals surface area contributed by atoms with Crippen molar-refractivity contribution in [3.05, 3.63) is 29.8 Å². The summed E-state index contributed by atoms with van der Waals surface area (Å²) in [5.74, 6) is 0. The maximum atomic E-state index is 11.5. The molecule has 0 aromatic heterocycles. The van der Waals surface area contributed by atoms with Crippen molar-refractivity contribution < 1.29 is 8.42 Å². The van der Waals surface area contributed by atoms with Gasteiger partial charge >= 0.3 is 0 Å². The highest BCUT2D eigenvalue weighted by Gasteiger charge is 2.17. The van der Waals surface area contributed by atoms with E-state index in [-0.39, 0.29) is 6.04 Å². The first kappa shape index (κ1) is 18.2. The van der Waals surface area contributed by atoms with E-state index in [1.54, 1.807) is 12.1 Å². The number of hydrogen-bond acceptors (Lipinski definition) is 3. The van der Waals surface area contributed by atoms with Crippen molar-refractivity contribution in [2.24, 2.45) is 5.41 Å². The van der Waals surface area contributed by atoms with E-state index in [1.807, 2.05) is 12.1 Å². The highest BCUT2D eigenvalue weighted by atomic mass is 32.2. The molecule has 0 saturated heterocycles. The van der Waals surface area contributed by atoms with Crippen LogP contribution in [0.15, 0.2) is 29.2 Å². The monoisotopic (exact) mass is 311 g/mol. The van der Waals surface area contributed by atoms with Gasteiger partial charge in [0.1, 0.15) is 0 Å². The van der Waals surface area contributed by atoms with Crippen LogP contribution in [0.4, 0.5) is 0 Å². The van der Waals surface area contributed by atoms with Gasteiger partial charge in [-0.2, -0.15) is 0 Å². The van der Waals surface area contributed by atoms with Gasteiger partial charge in [-0.3, -0.25) is 0 Å². The zero-order valence-corrected chi connectivity index (χ0v) is 14.8. The Hall–Kier alpha value is -0.870. The number of nitrogens with one attached hydrogen (secondary N) is 1. The Labute approximate surface area is 130 Å². The fourth-order valence-electron chi connectivity index (χ4n) is 2.23. The maximum absolute atomic E-state index is 11.5. The van der Waals surface area contributed by atoms with Crippen LogP contribution < -0.4 is 5.32 Å². The number of hydrogen-bond donors (Lipinski definition) is 1. The first-order valence-electron chi connectivity index (χ1n) is 7.67. The highest BCUT2D eigenvalue weighted by Crippen LogP contribution is 2.28. The van der Waals surface area contributed by atoms with Crippen LogP contribution in [0.5, 0.6) is 0 Å². The Balaban J connectivity index is 2.87. The van der Waals surface area contributed by atoms with Crippen LogP contribution in [0, 0.1) is 5.41 Å². The van der Waals surface area contributed by atoms with Gasteiger partial charge in [0, 0.05) is 12.3 Å². The van der Waals surface area contributed by atoms with E-state index in [4.69, 9.17) is 0 Å². The predicted molar refractivity (Wildman–Crippen MR) is 89.3 cm³/mol. The summed E-state index contributed by atoms with van der Waals surface area (Å²) >= 11 is 0. The van der Waals surface area contributed by atoms with Gasteiger partial charge in [-0.05, 0) is 48.9 Å². The van der Waals surface area contributed by atoms with E-state index in [0.717, 1.165) is 25.8 Å². The van der Waals surface area contributed by atoms with E-state index < -0.39 is 9.84 Å². The lowest BCUT2D eigenvalue weighted by Gasteiger charge is -2.24. The van der Waals surface area contributed by atoms with E-state index >= 15 is 0 Å². The quantitative estimate of drug-likeness (QED) is 0.829. The number of benzene rings is 1. The molecule has 21 heavy (non-hydrogen) atoms. The van der Waals surface area contributed by atoms with Crippen molar-refractivity contribution in [1.82, 2.24) is 5.32 Å². The first-order chi connectivity index (χ1) is 9.63. The standard InChI is InChI=1S/C17H29NO2S/c1-6-13-18-16(11-12-17(2,3)4)14-7-9-15(10-8-14)21(5,19)20/h7-10,16,18H,6,11-13H2,1-5H3. The van der Waals surface area contributed by atoms with Crippen LogP contribution in [0.1, 0.15) is 58.6 Å². The topological polar surface area (TPSA) is 46.2 Å². The lowest BCUT2D eigenvalue weighted by molar-refractivity contribution is 0.332. The van der Waals surface area contributed by atoms with Gasteiger partial charge in [0.2, 0.25) is 0 Å². The average molecular weight is 311 g/mol. The summed E-state index contributed by atoms with van der Waals surface area (Å²) in [6.45, 7) is 9.87. The zero-order chi connectivity index (χ0) is 16.1. The SMILES string of the molecule is CCCNC(CCC(C)(C)C)c1ccc(S(C)(=O)=O)cc1. The van der Waals surface area contributed by atoms with Crippen LogP contribution in [-0.2, 0) is 9.84 Å². The minimum atomic E-state index is -3.12. The van der Waals surface area contributed by atoms with E-state index in [0.29, 0.717) is 10.3 Å². The van der Waals surface area contributed by atoms with Gasteiger partial charge in [-0.25, -0.2) is 8.42 Å². The van der Waals surface area contributed by atoms with Crippen LogP contribution in [0.3, 0.4) is 0 Å². The molecule has 0 aliphatic carbocycles. The third kappa shape index (κ3) is 6.62. The molecule has 0 aliphatic heterocycles. The van der Waals surface area contributed by atoms with E-state index in [9.17, 15) is 8.42 Å². The second-order valence-corrected chi connectivity index (χ2v) is 8.96. The van der Waals surface area contributed by atoms with Crippen molar-refractivity contribution in [3.8, 4) is 0 Å². The second kappa shape index (κ2) is 7.41. The molecule has 0 amide bonds. The van der Waals surface area contributed by atoms with Crippen LogP contribution in [0.25, 0.3) is 0 Å². The van der Waals surface area contributed by atoms with E-state index in [1.165, 1.54) is 11.8 Å². The maximum Gasteiger partial charge on any atom is 0.175 e. The molecule has 0 radical (unpaired) electrons. The van der Waals surface area contributed by atoms with Gasteiger partial charge in [0.15, 0.2) is 9.84 Å². The molecule has 0 aliphatic rings. The second-order valence-electron chi connectivity index (χ2n) is 6.95. The molecule has 1 atom stereocenters. The van der Waals surface area contributed by atoms with Gasteiger partial charge in [-0.1, -0.05) is 39.8 Å². The normalized spacial score (nSPS) is 14.1. The highest BCUT2D eigenvalue weighted by molar-refractivity contribution is 7.90. The minimum Gasteiger partial charge on any atom is -0.310 e. The Morgan fingerprint density at radius 2 is 1.71 bits per heavy atom. The molecule has 0 spiro atoms. The fourth-order valence-corrected chi connectivity index (χ4v) is 2.86. The lowest BCUT2D eigenvalue weighted by Crippen LogP contribution is -2.23. The Kier molecular flexibility index (Phi) is 6.41. The Morgan fingerprint density at radius 3 is 2.14 bits per heavy atom. The summed E-state index contributed by atoms with van der Waals surface area (Å²) in [6, 6.07) is 7.58. The van der Waals surface area contributed by atoms with Crippen molar-refractivity contribution in [1.29, 1.82) is 0 Å². The summed E-state index contributed by atoms with van der Waals surface area (Å²) in [5.41, 5.74) is 1.47. The molecule has 0 heterocycles. The summed E-state index contributed by atoms with van der Waals surface area (Å²) in [6.07, 6.45) is 4.52. The zero-order valence-electron chi connectivity index (χ0n) is 13.9. The molecule has 1 rings (SSSR count). The van der Waals surface area contributed by atoms with E-state index in [2.05, 4.69) is 33.0 Å². The fraction of sp³-hybridized carbons (Fsp3) is 0.647. The number of rotatable bonds is 7. The third-order valence-electron chi connectivity index (χ3n) is 3.53. The van der Waals surface area contributed by atoms with Crippen molar-refractivity contribution >= 4 is 9.84 Å². The molecule has 1 aromatic carbocycles. The summed E-state index contributed by atoms with van der Waals surface area (Å²) in [4.78, 5) is 0.385. The Morgan fingerprint density at radius 1 is 1.14 bits per heavy atom. The predicted octanol–water partition coefficient (Wildman–Crippen LogP) is 3.96. The van der Waals surface area contributed by atoms with Crippen LogP contribution in [0.2, 0.25) is 0 Å². The van der Waals surface area contributed by atoms with Gasteiger partial charge in [-0.15, -0.1) is 0 Å². The summed E-state index contributed by atoms with van der Waals surface area (Å²) in [5, 5.41) is 3.57.